The van der Waals surface area contributed by atoms with Crippen molar-refractivity contribution in [2.75, 3.05) is 25.5 Å². The highest BCUT2D eigenvalue weighted by atomic mass is 16.1. The fraction of sp³-hybridized carbons (Fsp3) is 0.526. The summed E-state index contributed by atoms with van der Waals surface area (Å²) in [5.41, 5.74) is 2.12. The van der Waals surface area contributed by atoms with Crippen LogP contribution >= 0.6 is 0 Å². The first-order valence-corrected chi connectivity index (χ1v) is 8.12. The van der Waals surface area contributed by atoms with E-state index in [-0.39, 0.29) is 11.8 Å². The highest BCUT2D eigenvalue weighted by molar-refractivity contribution is 5.78. The molecule has 1 aromatic carbocycles. The maximum atomic E-state index is 12.1. The van der Waals surface area contributed by atoms with Crippen molar-refractivity contribution in [3.05, 3.63) is 29.8 Å². The van der Waals surface area contributed by atoms with Crippen molar-refractivity contribution in [3.63, 3.8) is 0 Å². The molecule has 0 radical (unpaired) electrons. The van der Waals surface area contributed by atoms with Crippen molar-refractivity contribution in [2.24, 2.45) is 5.92 Å². The number of hydrogen-bond acceptors (Lipinski definition) is 2. The van der Waals surface area contributed by atoms with E-state index in [1.807, 2.05) is 38.4 Å². The summed E-state index contributed by atoms with van der Waals surface area (Å²) in [6.07, 6.45) is 4.00. The molecule has 0 aromatic heterocycles. The lowest BCUT2D eigenvalue weighted by Gasteiger charge is -2.13. The Bertz CT molecular complexity index is 502. The molecule has 0 saturated heterocycles. The second-order valence-electron chi connectivity index (χ2n) is 5.74. The van der Waals surface area contributed by atoms with Crippen molar-refractivity contribution >= 4 is 11.6 Å². The number of nitrogens with one attached hydrogen (secondary N) is 1. The molecule has 0 aliphatic heterocycles. The Kier molecular flexibility index (Phi) is 8.14. The van der Waals surface area contributed by atoms with Crippen LogP contribution in [-0.4, -0.2) is 26.5 Å². The van der Waals surface area contributed by atoms with Gasteiger partial charge in [0.25, 0.3) is 0 Å². The normalized spacial score (nSPS) is 10.0. The molecule has 3 heteroatoms. The van der Waals surface area contributed by atoms with Gasteiger partial charge >= 0.3 is 0 Å². The third-order valence-corrected chi connectivity index (χ3v) is 3.61. The highest BCUT2D eigenvalue weighted by Gasteiger charge is 2.15. The standard InChI is InChI=1S/C19H28N2O/c1-5-8-17(9-6-2)19(22)20-15-7-10-16-11-13-18(14-12-16)21(3)4/h11-14,17H,5-6,8-9,15H2,1-4H3,(H,20,22). The summed E-state index contributed by atoms with van der Waals surface area (Å²) in [7, 11) is 4.03. The molecule has 1 rings (SSSR count). The van der Waals surface area contributed by atoms with Gasteiger partial charge in [-0.25, -0.2) is 0 Å². The molecule has 0 saturated carbocycles. The molecular formula is C19H28N2O. The third kappa shape index (κ3) is 6.22. The Hall–Kier alpha value is -1.95. The van der Waals surface area contributed by atoms with Gasteiger partial charge in [-0.05, 0) is 37.1 Å². The van der Waals surface area contributed by atoms with Gasteiger partial charge in [0.05, 0.1) is 6.54 Å². The lowest BCUT2D eigenvalue weighted by atomic mass is 9.97. The fourth-order valence-electron chi connectivity index (χ4n) is 2.37. The minimum atomic E-state index is 0.135. The largest absolute Gasteiger partial charge is 0.378 e. The number of anilines is 1. The Balaban J connectivity index is 2.48. The van der Waals surface area contributed by atoms with E-state index in [0.29, 0.717) is 6.54 Å². The predicted molar refractivity (Wildman–Crippen MR) is 94.0 cm³/mol. The first-order valence-electron chi connectivity index (χ1n) is 8.12. The van der Waals surface area contributed by atoms with Gasteiger partial charge in [-0.1, -0.05) is 38.5 Å². The predicted octanol–water partition coefficient (Wildman–Crippen LogP) is 3.44. The average Bonchev–Trinajstić information content (AvgIpc) is 2.51. The molecule has 120 valence electrons. The fourth-order valence-corrected chi connectivity index (χ4v) is 2.37. The van der Waals surface area contributed by atoms with Crippen LogP contribution in [0.2, 0.25) is 0 Å². The van der Waals surface area contributed by atoms with E-state index < -0.39 is 0 Å². The Labute approximate surface area is 135 Å². The first kappa shape index (κ1) is 18.1. The van der Waals surface area contributed by atoms with E-state index in [0.717, 1.165) is 36.9 Å². The second kappa shape index (κ2) is 9.89. The molecule has 0 aliphatic rings. The van der Waals surface area contributed by atoms with Gasteiger partial charge in [0, 0.05) is 31.3 Å². The van der Waals surface area contributed by atoms with Crippen molar-refractivity contribution in [1.29, 1.82) is 0 Å². The summed E-state index contributed by atoms with van der Waals surface area (Å²) in [6.45, 7) is 4.65. The van der Waals surface area contributed by atoms with Crippen LogP contribution in [0.15, 0.2) is 24.3 Å². The zero-order valence-corrected chi connectivity index (χ0v) is 14.3. The molecule has 3 nitrogen and oxygen atoms in total. The topological polar surface area (TPSA) is 32.3 Å². The van der Waals surface area contributed by atoms with Gasteiger partial charge in [-0.3, -0.25) is 4.79 Å². The van der Waals surface area contributed by atoms with Crippen LogP contribution in [0, 0.1) is 17.8 Å². The molecule has 1 amide bonds. The van der Waals surface area contributed by atoms with Crippen LogP contribution in [0.3, 0.4) is 0 Å². The van der Waals surface area contributed by atoms with E-state index in [1.165, 1.54) is 0 Å². The van der Waals surface area contributed by atoms with Gasteiger partial charge in [0.1, 0.15) is 0 Å². The van der Waals surface area contributed by atoms with Gasteiger partial charge in [-0.15, -0.1) is 0 Å². The minimum Gasteiger partial charge on any atom is -0.378 e. The van der Waals surface area contributed by atoms with Crippen LogP contribution in [0.5, 0.6) is 0 Å². The molecule has 0 unspecified atom stereocenters. The van der Waals surface area contributed by atoms with Crippen molar-refractivity contribution < 1.29 is 4.79 Å². The van der Waals surface area contributed by atoms with E-state index in [9.17, 15) is 4.79 Å². The first-order chi connectivity index (χ1) is 10.6. The zero-order valence-electron chi connectivity index (χ0n) is 14.3. The molecule has 0 bridgehead atoms. The molecule has 0 aliphatic carbocycles. The maximum absolute atomic E-state index is 12.1. The van der Waals surface area contributed by atoms with Gasteiger partial charge in [0.2, 0.25) is 5.91 Å². The maximum Gasteiger partial charge on any atom is 0.223 e. The van der Waals surface area contributed by atoms with Gasteiger partial charge in [-0.2, -0.15) is 0 Å². The molecule has 0 atom stereocenters. The van der Waals surface area contributed by atoms with E-state index in [2.05, 4.69) is 35.9 Å². The summed E-state index contributed by atoms with van der Waals surface area (Å²) in [5, 5.41) is 2.93. The highest BCUT2D eigenvalue weighted by Crippen LogP contribution is 2.13. The van der Waals surface area contributed by atoms with Crippen LogP contribution in [0.4, 0.5) is 5.69 Å². The van der Waals surface area contributed by atoms with Crippen molar-refractivity contribution in [2.45, 2.75) is 39.5 Å². The molecule has 0 heterocycles. The minimum absolute atomic E-state index is 0.135. The summed E-state index contributed by atoms with van der Waals surface area (Å²) in [6, 6.07) is 8.09. The number of rotatable bonds is 7. The van der Waals surface area contributed by atoms with Crippen LogP contribution in [0.1, 0.15) is 45.1 Å². The van der Waals surface area contributed by atoms with E-state index >= 15 is 0 Å². The summed E-state index contributed by atoms with van der Waals surface area (Å²) in [5.74, 6) is 6.39. The smallest absolute Gasteiger partial charge is 0.223 e. The summed E-state index contributed by atoms with van der Waals surface area (Å²) in [4.78, 5) is 14.1. The lowest BCUT2D eigenvalue weighted by molar-refractivity contribution is -0.125. The molecule has 0 spiro atoms. The molecule has 1 aromatic rings. The quantitative estimate of drug-likeness (QED) is 0.782. The number of nitrogens with zero attached hydrogens (tertiary/aromatic N) is 1. The number of carbonyl (C=O) groups excluding carboxylic acids is 1. The van der Waals surface area contributed by atoms with Crippen molar-refractivity contribution in [3.8, 4) is 11.8 Å². The Morgan fingerprint density at radius 3 is 2.23 bits per heavy atom. The Morgan fingerprint density at radius 2 is 1.73 bits per heavy atom. The molecule has 0 fully saturated rings. The van der Waals surface area contributed by atoms with Gasteiger partial charge in [0.15, 0.2) is 0 Å². The summed E-state index contributed by atoms with van der Waals surface area (Å²) < 4.78 is 0. The van der Waals surface area contributed by atoms with Crippen molar-refractivity contribution in [1.82, 2.24) is 5.32 Å². The van der Waals surface area contributed by atoms with Crippen LogP contribution in [-0.2, 0) is 4.79 Å². The average molecular weight is 300 g/mol. The molecule has 1 N–H and O–H groups in total. The van der Waals surface area contributed by atoms with E-state index in [1.54, 1.807) is 0 Å². The van der Waals surface area contributed by atoms with Crippen LogP contribution < -0.4 is 10.2 Å². The lowest BCUT2D eigenvalue weighted by Crippen LogP contribution is -2.30. The second-order valence-corrected chi connectivity index (χ2v) is 5.74. The number of hydrogen-bond donors (Lipinski definition) is 1. The SMILES string of the molecule is CCCC(CCC)C(=O)NCC#Cc1ccc(N(C)C)cc1. The number of amides is 1. The number of benzene rings is 1. The third-order valence-electron chi connectivity index (χ3n) is 3.61. The monoisotopic (exact) mass is 300 g/mol. The number of carbonyl (C=O) groups is 1. The van der Waals surface area contributed by atoms with E-state index in [4.69, 9.17) is 0 Å². The summed E-state index contributed by atoms with van der Waals surface area (Å²) >= 11 is 0. The van der Waals surface area contributed by atoms with Crippen LogP contribution in [0.25, 0.3) is 0 Å². The zero-order chi connectivity index (χ0) is 16.4. The van der Waals surface area contributed by atoms with Gasteiger partial charge < -0.3 is 10.2 Å². The molecular weight excluding hydrogens is 272 g/mol. The molecule has 22 heavy (non-hydrogen) atoms. The Morgan fingerprint density at radius 1 is 1.14 bits per heavy atom.